The molecule has 0 bridgehead atoms. The van der Waals surface area contributed by atoms with Crippen LogP contribution in [0.5, 0.6) is 0 Å². The van der Waals surface area contributed by atoms with E-state index in [1.54, 1.807) is 30.6 Å². The second-order valence-corrected chi connectivity index (χ2v) is 7.10. The summed E-state index contributed by atoms with van der Waals surface area (Å²) in [6, 6.07) is 27.2. The second-order valence-electron chi connectivity index (χ2n) is 7.10. The summed E-state index contributed by atoms with van der Waals surface area (Å²) in [5.41, 5.74) is 5.95. The molecule has 5 rings (SSSR count). The highest BCUT2D eigenvalue weighted by Crippen LogP contribution is 2.35. The van der Waals surface area contributed by atoms with Crippen LogP contribution in [-0.2, 0) is 0 Å². The van der Waals surface area contributed by atoms with Crippen molar-refractivity contribution >= 4 is 21.8 Å². The Labute approximate surface area is 178 Å². The third-order valence-electron chi connectivity index (χ3n) is 5.40. The number of benzene rings is 3. The molecule has 0 saturated carbocycles. The van der Waals surface area contributed by atoms with Crippen LogP contribution in [0.3, 0.4) is 0 Å². The smallest absolute Gasteiger partial charge is 0.0998 e. The van der Waals surface area contributed by atoms with Gasteiger partial charge in [-0.2, -0.15) is 15.8 Å². The van der Waals surface area contributed by atoms with Crippen LogP contribution in [0.4, 0.5) is 0 Å². The van der Waals surface area contributed by atoms with Crippen LogP contribution in [0.1, 0.15) is 16.7 Å². The summed E-state index contributed by atoms with van der Waals surface area (Å²) in [7, 11) is 0. The highest BCUT2D eigenvalue weighted by atomic mass is 15.0. The fourth-order valence-electron chi connectivity index (χ4n) is 3.97. The monoisotopic (exact) mass is 395 g/mol. The zero-order chi connectivity index (χ0) is 21.4. The van der Waals surface area contributed by atoms with E-state index >= 15 is 0 Å². The van der Waals surface area contributed by atoms with E-state index in [2.05, 4.69) is 23.2 Å². The average molecular weight is 395 g/mol. The Hall–Kier alpha value is -4.92. The predicted molar refractivity (Wildman–Crippen MR) is 118 cm³/mol. The van der Waals surface area contributed by atoms with Crippen LogP contribution in [0.25, 0.3) is 38.6 Å². The normalized spacial score (nSPS) is 10.5. The van der Waals surface area contributed by atoms with Gasteiger partial charge in [-0.3, -0.25) is 4.98 Å². The summed E-state index contributed by atoms with van der Waals surface area (Å²) < 4.78 is 2.04. The summed E-state index contributed by atoms with van der Waals surface area (Å²) in [4.78, 5) is 4.07. The van der Waals surface area contributed by atoms with Gasteiger partial charge < -0.3 is 4.57 Å². The van der Waals surface area contributed by atoms with Crippen LogP contribution in [0.15, 0.2) is 79.1 Å². The number of rotatable bonds is 2. The molecule has 0 radical (unpaired) electrons. The molecule has 31 heavy (non-hydrogen) atoms. The highest BCUT2D eigenvalue weighted by Gasteiger charge is 2.15. The van der Waals surface area contributed by atoms with Gasteiger partial charge in [0.05, 0.1) is 45.9 Å². The Kier molecular flexibility index (Phi) is 4.19. The van der Waals surface area contributed by atoms with Crippen LogP contribution < -0.4 is 0 Å². The molecule has 2 heterocycles. The quantitative estimate of drug-likeness (QED) is 0.397. The van der Waals surface area contributed by atoms with Crippen LogP contribution in [-0.4, -0.2) is 9.55 Å². The maximum Gasteiger partial charge on any atom is 0.0998 e. The molecule has 0 unspecified atom stereocenters. The Balaban J connectivity index is 1.89. The van der Waals surface area contributed by atoms with Gasteiger partial charge in [-0.25, -0.2) is 0 Å². The molecule has 0 amide bonds. The molecule has 5 heteroatoms. The Bertz CT molecular complexity index is 1540. The fourth-order valence-corrected chi connectivity index (χ4v) is 3.97. The van der Waals surface area contributed by atoms with Gasteiger partial charge in [0.15, 0.2) is 0 Å². The molecule has 0 fully saturated rings. The first kappa shape index (κ1) is 18.1. The van der Waals surface area contributed by atoms with Gasteiger partial charge >= 0.3 is 0 Å². The Morgan fingerprint density at radius 2 is 1.26 bits per heavy atom. The van der Waals surface area contributed by atoms with Crippen molar-refractivity contribution in [2.24, 2.45) is 0 Å². The van der Waals surface area contributed by atoms with Crippen molar-refractivity contribution < 1.29 is 0 Å². The minimum Gasteiger partial charge on any atom is -0.309 e. The van der Waals surface area contributed by atoms with E-state index in [1.165, 1.54) is 0 Å². The van der Waals surface area contributed by atoms with Gasteiger partial charge in [0, 0.05) is 34.4 Å². The minimum atomic E-state index is 0.556. The van der Waals surface area contributed by atoms with E-state index in [9.17, 15) is 15.8 Å². The second kappa shape index (κ2) is 7.16. The number of hydrogen-bond donors (Lipinski definition) is 0. The van der Waals surface area contributed by atoms with E-state index < -0.39 is 0 Å². The van der Waals surface area contributed by atoms with Gasteiger partial charge in [0.25, 0.3) is 0 Å². The zero-order valence-electron chi connectivity index (χ0n) is 16.2. The van der Waals surface area contributed by atoms with Crippen molar-refractivity contribution in [2.45, 2.75) is 0 Å². The van der Waals surface area contributed by atoms with Gasteiger partial charge in [0.1, 0.15) is 0 Å². The molecule has 0 atom stereocenters. The Morgan fingerprint density at radius 1 is 0.645 bits per heavy atom. The SMILES string of the molecule is N#Cc1ccc2c3ccc(C#N)cc3n(-c3ccc(C#N)c(-c4ccncc4)c3)c2c1. The first-order valence-corrected chi connectivity index (χ1v) is 9.57. The van der Waals surface area contributed by atoms with Gasteiger partial charge in [-0.1, -0.05) is 12.1 Å². The molecular weight excluding hydrogens is 382 g/mol. The molecule has 0 aliphatic heterocycles. The van der Waals surface area contributed by atoms with Crippen molar-refractivity contribution in [1.82, 2.24) is 9.55 Å². The van der Waals surface area contributed by atoms with Gasteiger partial charge in [-0.15, -0.1) is 0 Å². The number of pyridine rings is 1. The summed E-state index contributed by atoms with van der Waals surface area (Å²) in [6.07, 6.45) is 3.39. The van der Waals surface area contributed by atoms with Crippen LogP contribution in [0.2, 0.25) is 0 Å². The summed E-state index contributed by atoms with van der Waals surface area (Å²) >= 11 is 0. The largest absolute Gasteiger partial charge is 0.309 e. The van der Waals surface area contributed by atoms with Crippen molar-refractivity contribution in [1.29, 1.82) is 15.8 Å². The molecule has 3 aromatic carbocycles. The van der Waals surface area contributed by atoms with Crippen molar-refractivity contribution in [3.63, 3.8) is 0 Å². The third-order valence-corrected chi connectivity index (χ3v) is 5.40. The molecular formula is C26H13N5. The van der Waals surface area contributed by atoms with Crippen LogP contribution in [0, 0.1) is 34.0 Å². The highest BCUT2D eigenvalue weighted by molar-refractivity contribution is 6.10. The van der Waals surface area contributed by atoms with Crippen LogP contribution >= 0.6 is 0 Å². The number of fused-ring (bicyclic) bond motifs is 3. The summed E-state index contributed by atoms with van der Waals surface area (Å²) in [6.45, 7) is 0. The first-order valence-electron chi connectivity index (χ1n) is 9.57. The third kappa shape index (κ3) is 2.88. The molecule has 5 aromatic rings. The van der Waals surface area contributed by atoms with Gasteiger partial charge in [-0.05, 0) is 60.2 Å². The molecule has 142 valence electrons. The van der Waals surface area contributed by atoms with E-state index in [4.69, 9.17) is 0 Å². The molecule has 0 aliphatic rings. The number of nitrogens with zero attached hydrogens (tertiary/aromatic N) is 5. The van der Waals surface area contributed by atoms with E-state index in [0.29, 0.717) is 16.7 Å². The lowest BCUT2D eigenvalue weighted by atomic mass is 10.0. The number of aromatic nitrogens is 2. The topological polar surface area (TPSA) is 89.2 Å². The maximum absolute atomic E-state index is 9.64. The molecule has 0 saturated heterocycles. The molecule has 0 N–H and O–H groups in total. The standard InChI is InChI=1S/C26H13N5/c27-14-17-1-5-22-23-6-2-18(15-28)12-26(23)31(25(22)11-17)21-4-3-20(16-29)24(13-21)19-7-9-30-10-8-19/h1-13H. The summed E-state index contributed by atoms with van der Waals surface area (Å²) in [5.74, 6) is 0. The molecule has 2 aromatic heterocycles. The van der Waals surface area contributed by atoms with Gasteiger partial charge in [0.2, 0.25) is 0 Å². The van der Waals surface area contributed by atoms with Crippen molar-refractivity contribution in [2.75, 3.05) is 0 Å². The molecule has 5 nitrogen and oxygen atoms in total. The number of hydrogen-bond acceptors (Lipinski definition) is 4. The minimum absolute atomic E-state index is 0.556. The van der Waals surface area contributed by atoms with E-state index in [1.807, 2.05) is 53.1 Å². The lowest BCUT2D eigenvalue weighted by molar-refractivity contribution is 1.18. The predicted octanol–water partition coefficient (Wildman–Crippen LogP) is 5.46. The molecule has 0 aliphatic carbocycles. The first-order chi connectivity index (χ1) is 15.2. The molecule has 0 spiro atoms. The lowest BCUT2D eigenvalue weighted by Gasteiger charge is -2.12. The number of nitriles is 3. The van der Waals surface area contributed by atoms with Crippen molar-refractivity contribution in [3.8, 4) is 35.0 Å². The average Bonchev–Trinajstić information content (AvgIpc) is 3.16. The summed E-state index contributed by atoms with van der Waals surface area (Å²) in [5, 5.41) is 30.5. The van der Waals surface area contributed by atoms with E-state index in [-0.39, 0.29) is 0 Å². The Morgan fingerprint density at radius 3 is 1.81 bits per heavy atom. The van der Waals surface area contributed by atoms with Crippen molar-refractivity contribution in [3.05, 3.63) is 95.8 Å². The zero-order valence-corrected chi connectivity index (χ0v) is 16.2. The maximum atomic E-state index is 9.64. The lowest BCUT2D eigenvalue weighted by Crippen LogP contribution is -1.96. The fraction of sp³-hybridized carbons (Fsp3) is 0. The van der Waals surface area contributed by atoms with E-state index in [0.717, 1.165) is 38.6 Å².